The van der Waals surface area contributed by atoms with Crippen LogP contribution in [0, 0.1) is 17.8 Å². The minimum absolute atomic E-state index is 0.0238. The molecule has 3 atom stereocenters. The molecule has 5 heteroatoms. The molecule has 0 unspecified atom stereocenters. The second kappa shape index (κ2) is 13.7. The van der Waals surface area contributed by atoms with Crippen LogP contribution in [0.1, 0.15) is 95.4 Å². The predicted octanol–water partition coefficient (Wildman–Crippen LogP) is 8.05. The number of esters is 1. The Morgan fingerprint density at radius 2 is 1.45 bits per heavy atom. The number of ether oxygens (including phenoxy) is 2. The predicted molar refractivity (Wildman–Crippen MR) is 142 cm³/mol. The molecule has 1 saturated carbocycles. The highest BCUT2D eigenvalue weighted by atomic mass is 28.4. The Kier molecular flexibility index (Phi) is 12.5. The Morgan fingerprint density at radius 1 is 0.909 bits per heavy atom. The summed E-state index contributed by atoms with van der Waals surface area (Å²) in [6, 6.07) is 0. The van der Waals surface area contributed by atoms with E-state index >= 15 is 0 Å². The van der Waals surface area contributed by atoms with Gasteiger partial charge in [0, 0.05) is 0 Å². The van der Waals surface area contributed by atoms with Crippen LogP contribution in [-0.2, 0) is 18.7 Å². The lowest BCUT2D eigenvalue weighted by Gasteiger charge is -2.41. The molecule has 0 radical (unpaired) electrons. The van der Waals surface area contributed by atoms with Gasteiger partial charge in [-0.15, -0.1) is 0 Å². The van der Waals surface area contributed by atoms with Crippen LogP contribution in [0.25, 0.3) is 0 Å². The molecule has 1 fully saturated rings. The molecule has 4 nitrogen and oxygen atoms in total. The fourth-order valence-electron chi connectivity index (χ4n) is 5.81. The zero-order valence-electron chi connectivity index (χ0n) is 23.4. The molecule has 33 heavy (non-hydrogen) atoms. The molecule has 192 valence electrons. The second-order valence-corrected chi connectivity index (χ2v) is 17.0. The fraction of sp³-hybridized carbons (Fsp3) is 0.821. The first-order valence-electron chi connectivity index (χ1n) is 13.1. The van der Waals surface area contributed by atoms with Gasteiger partial charge in [-0.3, -0.25) is 0 Å². The summed E-state index contributed by atoms with van der Waals surface area (Å²) < 4.78 is 18.4. The van der Waals surface area contributed by atoms with E-state index in [1.165, 1.54) is 6.42 Å². The van der Waals surface area contributed by atoms with Crippen molar-refractivity contribution in [2.75, 3.05) is 13.2 Å². The summed E-state index contributed by atoms with van der Waals surface area (Å²) >= 11 is 0. The fourth-order valence-corrected chi connectivity index (χ4v) is 11.2. The minimum Gasteiger partial charge on any atom is -0.482 e. The van der Waals surface area contributed by atoms with Crippen molar-refractivity contribution in [1.29, 1.82) is 0 Å². The molecule has 0 aromatic heterocycles. The lowest BCUT2D eigenvalue weighted by Crippen LogP contribution is -2.47. The molecule has 0 aromatic carbocycles. The van der Waals surface area contributed by atoms with Crippen LogP contribution in [0.15, 0.2) is 23.5 Å². The summed E-state index contributed by atoms with van der Waals surface area (Å²) in [4.78, 5) is 13.0. The van der Waals surface area contributed by atoms with Gasteiger partial charge in [-0.2, -0.15) is 0 Å². The van der Waals surface area contributed by atoms with Gasteiger partial charge in [-0.1, -0.05) is 74.8 Å². The van der Waals surface area contributed by atoms with Crippen molar-refractivity contribution in [3.8, 4) is 0 Å². The third-order valence-corrected chi connectivity index (χ3v) is 13.6. The van der Waals surface area contributed by atoms with Crippen molar-refractivity contribution in [2.45, 2.75) is 118 Å². The van der Waals surface area contributed by atoms with Gasteiger partial charge in [0.15, 0.2) is 0 Å². The van der Waals surface area contributed by atoms with Crippen molar-refractivity contribution >= 4 is 14.3 Å². The van der Waals surface area contributed by atoms with Crippen LogP contribution in [0.2, 0.25) is 16.6 Å². The summed E-state index contributed by atoms with van der Waals surface area (Å²) in [5.41, 5.74) is 2.53. The third kappa shape index (κ3) is 8.27. The maximum Gasteiger partial charge on any atom is 0.373 e. The van der Waals surface area contributed by atoms with E-state index in [0.29, 0.717) is 53.4 Å². The van der Waals surface area contributed by atoms with Crippen LogP contribution in [0.5, 0.6) is 0 Å². The van der Waals surface area contributed by atoms with E-state index in [2.05, 4.69) is 62.3 Å². The number of rotatable bonds is 12. The average Bonchev–Trinajstić information content (AvgIpc) is 2.68. The van der Waals surface area contributed by atoms with E-state index in [4.69, 9.17) is 13.9 Å². The minimum atomic E-state index is -1.87. The number of carbonyl (C=O) groups excluding carboxylic acids is 1. The lowest BCUT2D eigenvalue weighted by atomic mass is 9.75. The first-order chi connectivity index (χ1) is 15.3. The number of allylic oxidation sites excluding steroid dienone is 1. The third-order valence-electron chi connectivity index (χ3n) is 7.49. The Morgan fingerprint density at radius 3 is 1.94 bits per heavy atom. The Balaban J connectivity index is 2.69. The molecule has 1 aliphatic carbocycles. The van der Waals surface area contributed by atoms with Crippen molar-refractivity contribution in [3.05, 3.63) is 23.5 Å². The second-order valence-electron chi connectivity index (χ2n) is 11.5. The zero-order valence-corrected chi connectivity index (χ0v) is 24.4. The highest BCUT2D eigenvalue weighted by molar-refractivity contribution is 6.77. The molecular weight excluding hydrogens is 428 g/mol. The van der Waals surface area contributed by atoms with E-state index in [1.54, 1.807) is 0 Å². The summed E-state index contributed by atoms with van der Waals surface area (Å²) in [6.07, 6.45) is 7.23. The average molecular weight is 481 g/mol. The monoisotopic (exact) mass is 480 g/mol. The summed E-state index contributed by atoms with van der Waals surface area (Å²) in [7, 11) is -1.87. The maximum atomic E-state index is 13.0. The van der Waals surface area contributed by atoms with Crippen LogP contribution < -0.4 is 0 Å². The first kappa shape index (κ1) is 30.0. The van der Waals surface area contributed by atoms with Crippen molar-refractivity contribution in [3.63, 3.8) is 0 Å². The highest BCUT2D eigenvalue weighted by Gasteiger charge is 2.44. The molecule has 0 spiro atoms. The van der Waals surface area contributed by atoms with Gasteiger partial charge in [0.25, 0.3) is 0 Å². The number of hydrogen-bond acceptors (Lipinski definition) is 4. The van der Waals surface area contributed by atoms with Crippen molar-refractivity contribution in [2.24, 2.45) is 17.8 Å². The molecule has 0 bridgehead atoms. The molecule has 0 N–H and O–H groups in total. The van der Waals surface area contributed by atoms with E-state index in [0.717, 1.165) is 18.4 Å². The van der Waals surface area contributed by atoms with Crippen molar-refractivity contribution in [1.82, 2.24) is 0 Å². The molecule has 0 amide bonds. The van der Waals surface area contributed by atoms with Crippen LogP contribution in [0.3, 0.4) is 0 Å². The van der Waals surface area contributed by atoms with E-state index in [1.807, 2.05) is 26.0 Å². The molecule has 0 aliphatic heterocycles. The van der Waals surface area contributed by atoms with Gasteiger partial charge >= 0.3 is 5.97 Å². The summed E-state index contributed by atoms with van der Waals surface area (Å²) in [6.45, 7) is 25.2. The summed E-state index contributed by atoms with van der Waals surface area (Å²) in [5.74, 6) is 1.54. The first-order valence-corrected chi connectivity index (χ1v) is 15.3. The zero-order chi connectivity index (χ0) is 25.3. The van der Waals surface area contributed by atoms with Gasteiger partial charge in [0.2, 0.25) is 14.1 Å². The topological polar surface area (TPSA) is 44.8 Å². The molecule has 0 aromatic rings. The lowest BCUT2D eigenvalue weighted by molar-refractivity contribution is -0.155. The maximum absolute atomic E-state index is 13.0. The molecule has 0 heterocycles. The molecular formula is C28H52O4Si. The standard InChI is InChI=1S/C28H52O4Si/c1-19(2)25-15-14-24(11)18-26(25)32-28(29)27(20(3)4)30-16-12-13-17-31-33(21(5)6,22(7)8)23(9)10/h12-13,19,21-26H,14-18H2,1-11H3/b13-12-/t24-,25+,26-/m1/s1. The molecule has 1 rings (SSSR count). The number of hydrogen-bond donors (Lipinski definition) is 0. The van der Waals surface area contributed by atoms with E-state index in [9.17, 15) is 4.79 Å². The Hall–Kier alpha value is -1.07. The highest BCUT2D eigenvalue weighted by Crippen LogP contribution is 2.42. The Bertz CT molecular complexity index is 637. The van der Waals surface area contributed by atoms with Gasteiger partial charge in [0.05, 0.1) is 6.61 Å². The number of carbonyl (C=O) groups is 1. The SMILES string of the molecule is CC(C)=C(OC/C=C\CO[Si](C(C)C)(C(C)C)C(C)C)C(=O)O[C@@H]1C[C@H](C)CC[C@H]1C(C)C. The molecule has 0 saturated heterocycles. The molecule has 1 aliphatic rings. The smallest absolute Gasteiger partial charge is 0.373 e. The van der Waals surface area contributed by atoms with E-state index in [-0.39, 0.29) is 12.1 Å². The van der Waals surface area contributed by atoms with Gasteiger partial charge in [-0.05, 0) is 72.7 Å². The van der Waals surface area contributed by atoms with E-state index < -0.39 is 8.32 Å². The quantitative estimate of drug-likeness (QED) is 0.0931. The van der Waals surface area contributed by atoms with Gasteiger partial charge in [0.1, 0.15) is 12.7 Å². The largest absolute Gasteiger partial charge is 0.482 e. The van der Waals surface area contributed by atoms with Gasteiger partial charge < -0.3 is 13.9 Å². The Labute approximate surface area is 205 Å². The van der Waals surface area contributed by atoms with Crippen molar-refractivity contribution < 1.29 is 18.7 Å². The van der Waals surface area contributed by atoms with Crippen LogP contribution >= 0.6 is 0 Å². The summed E-state index contributed by atoms with van der Waals surface area (Å²) in [5, 5.41) is 0. The normalized spacial score (nSPS) is 22.0. The van der Waals surface area contributed by atoms with Crippen LogP contribution in [-0.4, -0.2) is 33.6 Å². The van der Waals surface area contributed by atoms with Crippen LogP contribution in [0.4, 0.5) is 0 Å². The van der Waals surface area contributed by atoms with Gasteiger partial charge in [-0.25, -0.2) is 4.79 Å².